The monoisotopic (exact) mass is 450 g/mol. The third kappa shape index (κ3) is 7.36. The molecule has 9 heteroatoms. The predicted octanol–water partition coefficient (Wildman–Crippen LogP) is 2.62. The first-order chi connectivity index (χ1) is 14.8. The summed E-state index contributed by atoms with van der Waals surface area (Å²) >= 11 is 0. The first-order valence-corrected chi connectivity index (χ1v) is 11.8. The van der Waals surface area contributed by atoms with Gasteiger partial charge >= 0.3 is 0 Å². The molecule has 0 fully saturated rings. The van der Waals surface area contributed by atoms with Gasteiger partial charge < -0.3 is 19.5 Å². The van der Waals surface area contributed by atoms with E-state index in [1.54, 1.807) is 38.5 Å². The fraction of sp³-hybridized carbons (Fsp3) is 0.409. The highest BCUT2D eigenvalue weighted by atomic mass is 32.2. The lowest BCUT2D eigenvalue weighted by Crippen LogP contribution is -2.40. The van der Waals surface area contributed by atoms with Crippen LogP contribution in [0.5, 0.6) is 17.2 Å². The smallest absolute Gasteiger partial charge is 0.240 e. The number of aryl methyl sites for hydroxylation is 1. The highest BCUT2D eigenvalue weighted by molar-refractivity contribution is 7.92. The molecule has 0 bridgehead atoms. The predicted molar refractivity (Wildman–Crippen MR) is 121 cm³/mol. The molecule has 0 saturated carbocycles. The number of hydrogen-bond donors (Lipinski definition) is 1. The van der Waals surface area contributed by atoms with Crippen LogP contribution in [0.15, 0.2) is 42.5 Å². The highest BCUT2D eigenvalue weighted by Crippen LogP contribution is 2.28. The molecular formula is C22H30N2O6S. The summed E-state index contributed by atoms with van der Waals surface area (Å²) in [7, 11) is -0.454. The minimum Gasteiger partial charge on any atom is -0.494 e. The average molecular weight is 451 g/mol. The average Bonchev–Trinajstić information content (AvgIpc) is 2.75. The molecule has 1 N–H and O–H groups in total. The molecule has 170 valence electrons. The van der Waals surface area contributed by atoms with Gasteiger partial charge in [-0.05, 0) is 61.7 Å². The summed E-state index contributed by atoms with van der Waals surface area (Å²) in [6, 6.07) is 12.3. The number of benzene rings is 2. The molecule has 0 spiro atoms. The number of hydrogen-bond acceptors (Lipinski definition) is 6. The van der Waals surface area contributed by atoms with E-state index in [0.717, 1.165) is 22.5 Å². The van der Waals surface area contributed by atoms with Gasteiger partial charge in [0.25, 0.3) is 0 Å². The number of nitrogens with one attached hydrogen (secondary N) is 1. The Morgan fingerprint density at radius 3 is 2.29 bits per heavy atom. The minimum absolute atomic E-state index is 0.289. The number of carbonyl (C=O) groups is 1. The molecule has 0 radical (unpaired) electrons. The van der Waals surface area contributed by atoms with Crippen LogP contribution in [0.4, 0.5) is 5.69 Å². The largest absolute Gasteiger partial charge is 0.494 e. The quantitative estimate of drug-likeness (QED) is 0.500. The number of rotatable bonds is 12. The van der Waals surface area contributed by atoms with Crippen LogP contribution in [-0.4, -0.2) is 54.5 Å². The van der Waals surface area contributed by atoms with E-state index in [1.807, 2.05) is 25.1 Å². The van der Waals surface area contributed by atoms with E-state index in [2.05, 4.69) is 5.32 Å². The van der Waals surface area contributed by atoms with Gasteiger partial charge in [-0.15, -0.1) is 0 Å². The van der Waals surface area contributed by atoms with Crippen LogP contribution >= 0.6 is 0 Å². The molecule has 1 amide bonds. The van der Waals surface area contributed by atoms with Crippen LogP contribution in [0.1, 0.15) is 18.9 Å². The van der Waals surface area contributed by atoms with E-state index in [9.17, 15) is 13.2 Å². The van der Waals surface area contributed by atoms with Crippen LogP contribution in [-0.2, 0) is 21.2 Å². The molecule has 2 aromatic rings. The van der Waals surface area contributed by atoms with Crippen molar-refractivity contribution in [2.45, 2.75) is 19.8 Å². The maximum Gasteiger partial charge on any atom is 0.240 e. The van der Waals surface area contributed by atoms with Crippen molar-refractivity contribution in [3.05, 3.63) is 48.0 Å². The summed E-state index contributed by atoms with van der Waals surface area (Å²) in [5.41, 5.74) is 1.46. The SMILES string of the molecule is CCOc1ccc(N(CC(=O)NCCCc2ccc(OC)c(OC)c2)S(C)(=O)=O)cc1. The van der Waals surface area contributed by atoms with Gasteiger partial charge in [0, 0.05) is 6.54 Å². The van der Waals surface area contributed by atoms with Gasteiger partial charge in [-0.1, -0.05) is 6.07 Å². The van der Waals surface area contributed by atoms with Gasteiger partial charge in [-0.25, -0.2) is 8.42 Å². The normalized spacial score (nSPS) is 11.0. The molecule has 31 heavy (non-hydrogen) atoms. The molecule has 0 aliphatic carbocycles. The Hall–Kier alpha value is -2.94. The Kier molecular flexibility index (Phi) is 8.99. The fourth-order valence-corrected chi connectivity index (χ4v) is 3.87. The molecule has 0 aliphatic rings. The van der Waals surface area contributed by atoms with Gasteiger partial charge in [0.1, 0.15) is 12.3 Å². The van der Waals surface area contributed by atoms with Crippen molar-refractivity contribution in [2.75, 3.05) is 44.5 Å². The van der Waals surface area contributed by atoms with E-state index >= 15 is 0 Å². The molecule has 0 saturated heterocycles. The first-order valence-electron chi connectivity index (χ1n) is 9.96. The topological polar surface area (TPSA) is 94.2 Å². The number of sulfonamides is 1. The van der Waals surface area contributed by atoms with Crippen molar-refractivity contribution in [3.63, 3.8) is 0 Å². The third-order valence-corrected chi connectivity index (χ3v) is 5.68. The number of carbonyl (C=O) groups excluding carboxylic acids is 1. The molecule has 2 aromatic carbocycles. The standard InChI is InChI=1S/C22H30N2O6S/c1-5-30-19-11-9-18(10-12-19)24(31(4,26)27)16-22(25)23-14-6-7-17-8-13-20(28-2)21(15-17)29-3/h8-13,15H,5-7,14,16H2,1-4H3,(H,23,25). The summed E-state index contributed by atoms with van der Waals surface area (Å²) in [6.07, 6.45) is 2.51. The molecule has 0 unspecified atom stereocenters. The Bertz CT molecular complexity index is 960. The van der Waals surface area contributed by atoms with Crippen molar-refractivity contribution < 1.29 is 27.4 Å². The first kappa shape index (κ1) is 24.3. The number of methoxy groups -OCH3 is 2. The number of nitrogens with zero attached hydrogens (tertiary/aromatic N) is 1. The van der Waals surface area contributed by atoms with E-state index < -0.39 is 10.0 Å². The summed E-state index contributed by atoms with van der Waals surface area (Å²) in [5.74, 6) is 1.59. The second kappa shape index (κ2) is 11.5. The van der Waals surface area contributed by atoms with Gasteiger partial charge in [-0.2, -0.15) is 0 Å². The number of anilines is 1. The molecule has 0 heterocycles. The Balaban J connectivity index is 1.90. The summed E-state index contributed by atoms with van der Waals surface area (Å²) in [4.78, 5) is 12.4. The Morgan fingerprint density at radius 1 is 1.03 bits per heavy atom. The lowest BCUT2D eigenvalue weighted by molar-refractivity contribution is -0.119. The summed E-state index contributed by atoms with van der Waals surface area (Å²) in [5, 5.41) is 2.78. The fourth-order valence-electron chi connectivity index (χ4n) is 3.02. The van der Waals surface area contributed by atoms with Crippen molar-refractivity contribution in [1.29, 1.82) is 0 Å². The Labute approximate surface area is 184 Å². The molecule has 2 rings (SSSR count). The molecular weight excluding hydrogens is 420 g/mol. The van der Waals surface area contributed by atoms with E-state index in [-0.39, 0.29) is 12.5 Å². The second-order valence-electron chi connectivity index (χ2n) is 6.84. The van der Waals surface area contributed by atoms with Crippen LogP contribution in [0.25, 0.3) is 0 Å². The van der Waals surface area contributed by atoms with E-state index in [0.29, 0.717) is 42.5 Å². The van der Waals surface area contributed by atoms with E-state index in [4.69, 9.17) is 14.2 Å². The molecule has 0 atom stereocenters. The minimum atomic E-state index is -3.62. The van der Waals surface area contributed by atoms with Crippen molar-refractivity contribution >= 4 is 21.6 Å². The van der Waals surface area contributed by atoms with Crippen LogP contribution < -0.4 is 23.8 Å². The van der Waals surface area contributed by atoms with Gasteiger partial charge in [-0.3, -0.25) is 9.10 Å². The zero-order valence-corrected chi connectivity index (χ0v) is 19.2. The van der Waals surface area contributed by atoms with Crippen LogP contribution in [0.3, 0.4) is 0 Å². The van der Waals surface area contributed by atoms with Gasteiger partial charge in [0.2, 0.25) is 15.9 Å². The highest BCUT2D eigenvalue weighted by Gasteiger charge is 2.20. The second-order valence-corrected chi connectivity index (χ2v) is 8.75. The molecule has 8 nitrogen and oxygen atoms in total. The maximum atomic E-state index is 12.4. The van der Waals surface area contributed by atoms with Crippen molar-refractivity contribution in [3.8, 4) is 17.2 Å². The molecule has 0 aromatic heterocycles. The third-order valence-electron chi connectivity index (χ3n) is 4.54. The van der Waals surface area contributed by atoms with Crippen molar-refractivity contribution in [2.24, 2.45) is 0 Å². The summed E-state index contributed by atoms with van der Waals surface area (Å²) in [6.45, 7) is 2.52. The van der Waals surface area contributed by atoms with Crippen LogP contribution in [0.2, 0.25) is 0 Å². The number of ether oxygens (including phenoxy) is 3. The molecule has 0 aliphatic heterocycles. The maximum absolute atomic E-state index is 12.4. The number of amides is 1. The zero-order chi connectivity index (χ0) is 22.9. The van der Waals surface area contributed by atoms with Crippen molar-refractivity contribution in [1.82, 2.24) is 5.32 Å². The van der Waals surface area contributed by atoms with Gasteiger partial charge in [0.15, 0.2) is 11.5 Å². The zero-order valence-electron chi connectivity index (χ0n) is 18.4. The lowest BCUT2D eigenvalue weighted by Gasteiger charge is -2.22. The van der Waals surface area contributed by atoms with E-state index in [1.165, 1.54) is 0 Å². The summed E-state index contributed by atoms with van der Waals surface area (Å²) < 4.78 is 41.4. The lowest BCUT2D eigenvalue weighted by atomic mass is 10.1. The Morgan fingerprint density at radius 2 is 1.71 bits per heavy atom. The van der Waals surface area contributed by atoms with Gasteiger partial charge in [0.05, 0.1) is 32.8 Å². The van der Waals surface area contributed by atoms with Crippen LogP contribution in [0, 0.1) is 0 Å².